The van der Waals surface area contributed by atoms with Gasteiger partial charge in [-0.2, -0.15) is 0 Å². The van der Waals surface area contributed by atoms with Crippen molar-refractivity contribution in [3.63, 3.8) is 0 Å². The smallest absolute Gasteiger partial charge is 0.263 e. The van der Waals surface area contributed by atoms with E-state index in [9.17, 15) is 9.59 Å². The van der Waals surface area contributed by atoms with Crippen LogP contribution in [-0.2, 0) is 0 Å². The SMILES string of the molecule is C[C@H]1NC(=O)c2cc(-c3cccc4c(=O)n(C5CCC5)c(NC5(C)CC5)nc34)[nH]c21. The summed E-state index contributed by atoms with van der Waals surface area (Å²) in [5.41, 5.74) is 3.95. The van der Waals surface area contributed by atoms with E-state index < -0.39 is 0 Å². The molecule has 154 valence electrons. The summed E-state index contributed by atoms with van der Waals surface area (Å²) < 4.78 is 1.88. The number of nitrogens with zero attached hydrogens (tertiary/aromatic N) is 2. The summed E-state index contributed by atoms with van der Waals surface area (Å²) >= 11 is 0. The number of amides is 1. The Kier molecular flexibility index (Phi) is 3.53. The van der Waals surface area contributed by atoms with E-state index in [1.54, 1.807) is 0 Å². The number of carbonyl (C=O) groups is 1. The lowest BCUT2D eigenvalue weighted by Crippen LogP contribution is -2.34. The van der Waals surface area contributed by atoms with Crippen molar-refractivity contribution in [2.24, 2.45) is 0 Å². The van der Waals surface area contributed by atoms with Gasteiger partial charge in [0.2, 0.25) is 5.95 Å². The van der Waals surface area contributed by atoms with E-state index in [2.05, 4.69) is 22.5 Å². The highest BCUT2D eigenvalue weighted by molar-refractivity contribution is 6.01. The fourth-order valence-electron chi connectivity index (χ4n) is 4.59. The Morgan fingerprint density at radius 1 is 1.20 bits per heavy atom. The second-order valence-corrected chi connectivity index (χ2v) is 9.29. The molecule has 0 radical (unpaired) electrons. The molecule has 2 aliphatic carbocycles. The quantitative estimate of drug-likeness (QED) is 0.616. The first-order valence-corrected chi connectivity index (χ1v) is 10.8. The molecule has 0 spiro atoms. The number of hydrogen-bond donors (Lipinski definition) is 3. The molecule has 6 rings (SSSR count). The summed E-state index contributed by atoms with van der Waals surface area (Å²) in [6, 6.07) is 7.77. The molecule has 30 heavy (non-hydrogen) atoms. The summed E-state index contributed by atoms with van der Waals surface area (Å²) in [6.45, 7) is 4.14. The standard InChI is InChI=1S/C23H25N5O2/c1-12-18-16(20(29)24-12)11-17(25-18)14-7-4-8-15-19(14)26-22(27-23(2)9-10-23)28(21(15)30)13-5-3-6-13/h4,7-8,11-13,25H,3,5-6,9-10H2,1-2H3,(H,24,29)(H,26,27)/t12-/m1/s1. The number of anilines is 1. The van der Waals surface area contributed by atoms with Gasteiger partial charge in [0.05, 0.1) is 28.2 Å². The maximum Gasteiger partial charge on any atom is 0.263 e. The van der Waals surface area contributed by atoms with E-state index in [-0.39, 0.29) is 29.1 Å². The molecular formula is C23H25N5O2. The molecule has 0 unspecified atom stereocenters. The average Bonchev–Trinajstić information content (AvgIpc) is 3.13. The Bertz CT molecular complexity index is 1260. The van der Waals surface area contributed by atoms with E-state index in [0.717, 1.165) is 49.1 Å². The number of benzene rings is 1. The van der Waals surface area contributed by atoms with E-state index in [1.165, 1.54) is 0 Å². The number of aromatic amines is 1. The number of H-pyrrole nitrogens is 1. The van der Waals surface area contributed by atoms with E-state index >= 15 is 0 Å². The van der Waals surface area contributed by atoms with Crippen molar-refractivity contribution in [3.8, 4) is 11.3 Å². The zero-order chi connectivity index (χ0) is 20.6. The monoisotopic (exact) mass is 403 g/mol. The molecule has 7 heteroatoms. The van der Waals surface area contributed by atoms with Crippen molar-refractivity contribution in [1.29, 1.82) is 0 Å². The molecule has 3 aliphatic rings. The van der Waals surface area contributed by atoms with E-state index in [1.807, 2.05) is 35.8 Å². The van der Waals surface area contributed by atoms with Crippen LogP contribution < -0.4 is 16.2 Å². The van der Waals surface area contributed by atoms with Gasteiger partial charge in [-0.3, -0.25) is 14.2 Å². The lowest BCUT2D eigenvalue weighted by atomic mass is 9.92. The third kappa shape index (κ3) is 2.54. The van der Waals surface area contributed by atoms with Crippen molar-refractivity contribution < 1.29 is 4.79 Å². The van der Waals surface area contributed by atoms with Crippen LogP contribution in [-0.4, -0.2) is 26.0 Å². The third-order valence-corrected chi connectivity index (χ3v) is 6.95. The lowest BCUT2D eigenvalue weighted by Gasteiger charge is -2.31. The van der Waals surface area contributed by atoms with Gasteiger partial charge in [0, 0.05) is 22.8 Å². The number of carbonyl (C=O) groups excluding carboxylic acids is 1. The molecule has 3 heterocycles. The summed E-state index contributed by atoms with van der Waals surface area (Å²) in [5, 5.41) is 7.09. The lowest BCUT2D eigenvalue weighted by molar-refractivity contribution is 0.0958. The van der Waals surface area contributed by atoms with Crippen molar-refractivity contribution >= 4 is 22.8 Å². The molecule has 0 bridgehead atoms. The molecule has 2 fully saturated rings. The van der Waals surface area contributed by atoms with Crippen molar-refractivity contribution in [2.45, 2.75) is 63.6 Å². The van der Waals surface area contributed by atoms with Crippen LogP contribution >= 0.6 is 0 Å². The second kappa shape index (κ2) is 5.97. The number of rotatable bonds is 4. The molecule has 0 saturated heterocycles. The number of para-hydroxylation sites is 1. The fraction of sp³-hybridized carbons (Fsp3) is 0.435. The molecule has 2 aromatic heterocycles. The Balaban J connectivity index is 1.56. The van der Waals surface area contributed by atoms with Gasteiger partial charge in [-0.15, -0.1) is 0 Å². The molecule has 2 saturated carbocycles. The van der Waals surface area contributed by atoms with Crippen LogP contribution in [0.4, 0.5) is 5.95 Å². The second-order valence-electron chi connectivity index (χ2n) is 9.29. The minimum Gasteiger partial charge on any atom is -0.356 e. The first-order valence-electron chi connectivity index (χ1n) is 10.8. The zero-order valence-electron chi connectivity index (χ0n) is 17.2. The van der Waals surface area contributed by atoms with Gasteiger partial charge in [0.15, 0.2) is 0 Å². The summed E-state index contributed by atoms with van der Waals surface area (Å²) in [5.74, 6) is 0.611. The first-order chi connectivity index (χ1) is 14.4. The maximum absolute atomic E-state index is 13.5. The van der Waals surface area contributed by atoms with Crippen molar-refractivity contribution in [1.82, 2.24) is 19.9 Å². The largest absolute Gasteiger partial charge is 0.356 e. The number of aromatic nitrogens is 3. The molecule has 1 atom stereocenters. The van der Waals surface area contributed by atoms with Crippen molar-refractivity contribution in [2.75, 3.05) is 5.32 Å². The summed E-state index contributed by atoms with van der Waals surface area (Å²) in [7, 11) is 0. The van der Waals surface area contributed by atoms with Gasteiger partial charge in [0.1, 0.15) is 0 Å². The Morgan fingerprint density at radius 2 is 2.00 bits per heavy atom. The molecule has 3 N–H and O–H groups in total. The number of hydrogen-bond acceptors (Lipinski definition) is 4. The predicted octanol–water partition coefficient (Wildman–Crippen LogP) is 3.89. The van der Waals surface area contributed by atoms with Crippen LogP contribution in [0.15, 0.2) is 29.1 Å². The van der Waals surface area contributed by atoms with Gasteiger partial charge in [0.25, 0.3) is 11.5 Å². The minimum atomic E-state index is -0.0652. The fourth-order valence-corrected chi connectivity index (χ4v) is 4.59. The topological polar surface area (TPSA) is 91.8 Å². The molecule has 7 nitrogen and oxygen atoms in total. The van der Waals surface area contributed by atoms with Gasteiger partial charge in [-0.25, -0.2) is 4.98 Å². The van der Waals surface area contributed by atoms with Crippen molar-refractivity contribution in [3.05, 3.63) is 45.9 Å². The molecule has 3 aromatic rings. The maximum atomic E-state index is 13.5. The molecular weight excluding hydrogens is 378 g/mol. The summed E-state index contributed by atoms with van der Waals surface area (Å²) in [4.78, 5) is 34.1. The first kappa shape index (κ1) is 17.7. The molecule has 1 aliphatic heterocycles. The van der Waals surface area contributed by atoms with Crippen LogP contribution in [0.25, 0.3) is 22.2 Å². The number of fused-ring (bicyclic) bond motifs is 2. The normalized spacial score (nSPS) is 21.9. The predicted molar refractivity (Wildman–Crippen MR) is 116 cm³/mol. The molecule has 1 amide bonds. The average molecular weight is 403 g/mol. The van der Waals surface area contributed by atoms with Gasteiger partial charge in [-0.05, 0) is 58.1 Å². The van der Waals surface area contributed by atoms with Crippen LogP contribution in [0.1, 0.15) is 74.1 Å². The highest BCUT2D eigenvalue weighted by Gasteiger charge is 2.39. The molecule has 1 aromatic carbocycles. The zero-order valence-corrected chi connectivity index (χ0v) is 17.2. The summed E-state index contributed by atoms with van der Waals surface area (Å²) in [6.07, 6.45) is 5.37. The number of nitrogens with one attached hydrogen (secondary N) is 3. The Morgan fingerprint density at radius 3 is 2.67 bits per heavy atom. The van der Waals surface area contributed by atoms with E-state index in [4.69, 9.17) is 4.98 Å². The highest BCUT2D eigenvalue weighted by Crippen LogP contribution is 2.40. The Hall–Kier alpha value is -3.09. The van der Waals surface area contributed by atoms with E-state index in [0.29, 0.717) is 22.4 Å². The Labute approximate surface area is 173 Å². The van der Waals surface area contributed by atoms with Gasteiger partial charge in [-0.1, -0.05) is 12.1 Å². The van der Waals surface area contributed by atoms with Crippen LogP contribution in [0, 0.1) is 0 Å². The van der Waals surface area contributed by atoms with Crippen LogP contribution in [0.2, 0.25) is 0 Å². The van der Waals surface area contributed by atoms with Gasteiger partial charge >= 0.3 is 0 Å². The minimum absolute atomic E-state index is 0.0171. The van der Waals surface area contributed by atoms with Crippen LogP contribution in [0.3, 0.4) is 0 Å². The highest BCUT2D eigenvalue weighted by atomic mass is 16.2. The van der Waals surface area contributed by atoms with Gasteiger partial charge < -0.3 is 15.6 Å². The van der Waals surface area contributed by atoms with Crippen LogP contribution in [0.5, 0.6) is 0 Å². The third-order valence-electron chi connectivity index (χ3n) is 6.95.